The fourth-order valence-electron chi connectivity index (χ4n) is 3.65. The highest BCUT2D eigenvalue weighted by atomic mass is 32.2. The molecular formula is C22H23N3OS. The van der Waals surface area contributed by atoms with Crippen LogP contribution in [0.25, 0.3) is 10.9 Å². The second-order valence-electron chi connectivity index (χ2n) is 7.00. The van der Waals surface area contributed by atoms with Crippen LogP contribution >= 0.6 is 11.8 Å². The van der Waals surface area contributed by atoms with Crippen molar-refractivity contribution < 1.29 is 4.79 Å². The predicted molar refractivity (Wildman–Crippen MR) is 110 cm³/mol. The average Bonchev–Trinajstić information content (AvgIpc) is 2.73. The summed E-state index contributed by atoms with van der Waals surface area (Å²) in [6.07, 6.45) is 4.86. The fraction of sp³-hybridized carbons (Fsp3) is 0.318. The number of hydrogen-bond donors (Lipinski definition) is 0. The molecule has 1 aliphatic rings. The minimum Gasteiger partial charge on any atom is -0.342 e. The zero-order valence-electron chi connectivity index (χ0n) is 15.3. The van der Waals surface area contributed by atoms with Gasteiger partial charge in [-0.15, -0.1) is 0 Å². The normalized spacial score (nSPS) is 15.2. The third kappa shape index (κ3) is 4.48. The van der Waals surface area contributed by atoms with Crippen molar-refractivity contribution >= 4 is 28.6 Å². The molecule has 2 heterocycles. The van der Waals surface area contributed by atoms with Gasteiger partial charge in [-0.2, -0.15) is 0 Å². The Hall–Kier alpha value is -2.40. The maximum absolute atomic E-state index is 12.6. The molecule has 0 N–H and O–H groups in total. The molecule has 27 heavy (non-hydrogen) atoms. The number of fused-ring (bicyclic) bond motifs is 1. The van der Waals surface area contributed by atoms with Crippen molar-refractivity contribution in [1.29, 1.82) is 0 Å². The van der Waals surface area contributed by atoms with Crippen LogP contribution in [0.3, 0.4) is 0 Å². The minimum absolute atomic E-state index is 0.209. The van der Waals surface area contributed by atoms with Gasteiger partial charge in [0.2, 0.25) is 5.91 Å². The van der Waals surface area contributed by atoms with Gasteiger partial charge in [-0.1, -0.05) is 60.3 Å². The molecule has 5 heteroatoms. The van der Waals surface area contributed by atoms with E-state index in [9.17, 15) is 4.79 Å². The number of thioether (sulfide) groups is 1. The van der Waals surface area contributed by atoms with Gasteiger partial charge >= 0.3 is 0 Å². The van der Waals surface area contributed by atoms with Crippen molar-refractivity contribution in [2.45, 2.75) is 24.3 Å². The lowest BCUT2D eigenvalue weighted by Gasteiger charge is -2.32. The number of carbonyl (C=O) groups excluding carboxylic acids is 1. The molecule has 0 unspecified atom stereocenters. The van der Waals surface area contributed by atoms with Crippen molar-refractivity contribution in [3.05, 3.63) is 66.5 Å². The number of piperidine rings is 1. The molecule has 4 rings (SSSR count). The van der Waals surface area contributed by atoms with Gasteiger partial charge in [0.25, 0.3) is 0 Å². The number of hydrogen-bond acceptors (Lipinski definition) is 4. The summed E-state index contributed by atoms with van der Waals surface area (Å²) in [6.45, 7) is 1.73. The standard InChI is InChI=1S/C22H23N3OS/c26-21(15-27-22-19-8-4-5-9-20(19)23-16-24-22)25-12-10-18(11-13-25)14-17-6-2-1-3-7-17/h1-9,16,18H,10-15H2. The van der Waals surface area contributed by atoms with Gasteiger partial charge in [-0.25, -0.2) is 9.97 Å². The van der Waals surface area contributed by atoms with Crippen LogP contribution in [0.4, 0.5) is 0 Å². The van der Waals surface area contributed by atoms with E-state index in [0.717, 1.165) is 48.3 Å². The zero-order chi connectivity index (χ0) is 18.5. The van der Waals surface area contributed by atoms with E-state index in [1.165, 1.54) is 17.3 Å². The molecule has 0 atom stereocenters. The fourth-order valence-corrected chi connectivity index (χ4v) is 4.54. The van der Waals surface area contributed by atoms with E-state index in [2.05, 4.69) is 40.3 Å². The largest absolute Gasteiger partial charge is 0.342 e. The van der Waals surface area contributed by atoms with Crippen LogP contribution in [0.15, 0.2) is 66.0 Å². The Balaban J connectivity index is 1.29. The number of likely N-dealkylation sites (tertiary alicyclic amines) is 1. The molecule has 138 valence electrons. The molecule has 0 aliphatic carbocycles. The molecule has 2 aromatic carbocycles. The second-order valence-corrected chi connectivity index (χ2v) is 7.96. The molecule has 0 bridgehead atoms. The van der Waals surface area contributed by atoms with Crippen LogP contribution in [0.2, 0.25) is 0 Å². The number of benzene rings is 2. The summed E-state index contributed by atoms with van der Waals surface area (Å²) in [5, 5.41) is 1.90. The van der Waals surface area contributed by atoms with Gasteiger partial charge in [-0.3, -0.25) is 4.79 Å². The molecule has 3 aromatic rings. The van der Waals surface area contributed by atoms with E-state index in [1.54, 1.807) is 6.33 Å². The lowest BCUT2D eigenvalue weighted by molar-refractivity contribution is -0.129. The third-order valence-electron chi connectivity index (χ3n) is 5.17. The molecule has 1 fully saturated rings. The van der Waals surface area contributed by atoms with Crippen LogP contribution in [-0.2, 0) is 11.2 Å². The van der Waals surface area contributed by atoms with Crippen molar-refractivity contribution in [2.24, 2.45) is 5.92 Å². The molecule has 4 nitrogen and oxygen atoms in total. The SMILES string of the molecule is O=C(CSc1ncnc2ccccc12)N1CCC(Cc2ccccc2)CC1. The molecule has 1 aromatic heterocycles. The van der Waals surface area contributed by atoms with Gasteiger partial charge in [0.05, 0.1) is 11.3 Å². The molecule has 1 saturated heterocycles. The summed E-state index contributed by atoms with van der Waals surface area (Å²) in [5.74, 6) is 1.32. The lowest BCUT2D eigenvalue weighted by Crippen LogP contribution is -2.39. The Kier molecular flexibility index (Phi) is 5.68. The van der Waals surface area contributed by atoms with E-state index < -0.39 is 0 Å². The molecule has 0 spiro atoms. The number of amides is 1. The van der Waals surface area contributed by atoms with Crippen LogP contribution in [0.5, 0.6) is 0 Å². The summed E-state index contributed by atoms with van der Waals surface area (Å²) in [7, 11) is 0. The molecule has 0 radical (unpaired) electrons. The highest BCUT2D eigenvalue weighted by molar-refractivity contribution is 8.00. The number of carbonyl (C=O) groups is 1. The van der Waals surface area contributed by atoms with Crippen molar-refractivity contribution in [1.82, 2.24) is 14.9 Å². The first kappa shape index (κ1) is 18.0. The highest BCUT2D eigenvalue weighted by Crippen LogP contribution is 2.26. The summed E-state index contributed by atoms with van der Waals surface area (Å²) in [5.41, 5.74) is 2.32. The van der Waals surface area contributed by atoms with Crippen LogP contribution in [0, 0.1) is 5.92 Å². The first-order valence-electron chi connectivity index (χ1n) is 9.44. The van der Waals surface area contributed by atoms with Crippen molar-refractivity contribution in [3.63, 3.8) is 0 Å². The van der Waals surface area contributed by atoms with E-state index in [0.29, 0.717) is 11.7 Å². The maximum atomic E-state index is 12.6. The van der Waals surface area contributed by atoms with Crippen molar-refractivity contribution in [3.8, 4) is 0 Å². The first-order chi connectivity index (χ1) is 13.3. The van der Waals surface area contributed by atoms with E-state index in [-0.39, 0.29) is 5.91 Å². The van der Waals surface area contributed by atoms with Crippen LogP contribution in [-0.4, -0.2) is 39.6 Å². The number of nitrogens with zero attached hydrogens (tertiary/aromatic N) is 3. The Morgan fingerprint density at radius 2 is 1.74 bits per heavy atom. The monoisotopic (exact) mass is 377 g/mol. The first-order valence-corrected chi connectivity index (χ1v) is 10.4. The topological polar surface area (TPSA) is 46.1 Å². The van der Waals surface area contributed by atoms with Gasteiger partial charge < -0.3 is 4.90 Å². The Bertz CT molecular complexity index is 902. The number of aromatic nitrogens is 2. The van der Waals surface area contributed by atoms with Gasteiger partial charge in [-0.05, 0) is 36.8 Å². The number of para-hydroxylation sites is 1. The molecule has 1 aliphatic heterocycles. The summed E-state index contributed by atoms with van der Waals surface area (Å²) >= 11 is 1.51. The lowest BCUT2D eigenvalue weighted by atomic mass is 9.90. The van der Waals surface area contributed by atoms with Crippen LogP contribution < -0.4 is 0 Å². The van der Waals surface area contributed by atoms with E-state index in [1.807, 2.05) is 29.2 Å². The van der Waals surface area contributed by atoms with Gasteiger partial charge in [0, 0.05) is 18.5 Å². The Morgan fingerprint density at radius 1 is 1.00 bits per heavy atom. The van der Waals surface area contributed by atoms with Crippen molar-refractivity contribution in [2.75, 3.05) is 18.8 Å². The summed E-state index contributed by atoms with van der Waals surface area (Å²) in [4.78, 5) is 23.3. The average molecular weight is 378 g/mol. The summed E-state index contributed by atoms with van der Waals surface area (Å²) < 4.78 is 0. The van der Waals surface area contributed by atoms with Gasteiger partial charge in [0.15, 0.2) is 0 Å². The zero-order valence-corrected chi connectivity index (χ0v) is 16.1. The minimum atomic E-state index is 0.209. The Labute approximate surface area is 164 Å². The van der Waals surface area contributed by atoms with Crippen LogP contribution in [0.1, 0.15) is 18.4 Å². The Morgan fingerprint density at radius 3 is 2.56 bits per heavy atom. The molecule has 0 saturated carbocycles. The number of rotatable bonds is 5. The summed E-state index contributed by atoms with van der Waals surface area (Å²) in [6, 6.07) is 18.6. The molecular weight excluding hydrogens is 354 g/mol. The molecule has 1 amide bonds. The maximum Gasteiger partial charge on any atom is 0.232 e. The highest BCUT2D eigenvalue weighted by Gasteiger charge is 2.23. The third-order valence-corrected chi connectivity index (χ3v) is 6.16. The second kappa shape index (κ2) is 8.53. The quantitative estimate of drug-likeness (QED) is 0.494. The smallest absolute Gasteiger partial charge is 0.232 e. The predicted octanol–water partition coefficient (Wildman–Crippen LogP) is 4.20. The van der Waals surface area contributed by atoms with Gasteiger partial charge in [0.1, 0.15) is 11.4 Å². The van der Waals surface area contributed by atoms with E-state index in [4.69, 9.17) is 0 Å². The van der Waals surface area contributed by atoms with E-state index >= 15 is 0 Å².